The van der Waals surface area contributed by atoms with Crippen molar-refractivity contribution in [3.05, 3.63) is 0 Å². The number of nitrogens with one attached hydrogen (secondary N) is 2. The molecule has 0 bridgehead atoms. The summed E-state index contributed by atoms with van der Waals surface area (Å²) in [5.41, 5.74) is 0. The molecular weight excluding hydrogens is 381 g/mol. The summed E-state index contributed by atoms with van der Waals surface area (Å²) in [7, 11) is 3.22. The minimum absolute atomic E-state index is 0. The van der Waals surface area contributed by atoms with Crippen molar-refractivity contribution in [3.8, 4) is 0 Å². The molecule has 0 aromatic rings. The Labute approximate surface area is 146 Å². The number of methoxy groups -OCH3 is 1. The van der Waals surface area contributed by atoms with E-state index in [4.69, 9.17) is 0 Å². The Kier molecular flexibility index (Phi) is 15.6. The van der Waals surface area contributed by atoms with E-state index in [1.807, 2.05) is 0 Å². The van der Waals surface area contributed by atoms with Gasteiger partial charge in [0.15, 0.2) is 5.96 Å². The molecule has 0 aromatic carbocycles. The first-order valence-electron chi connectivity index (χ1n) is 7.55. The first-order chi connectivity index (χ1) is 9.51. The van der Waals surface area contributed by atoms with Gasteiger partial charge < -0.3 is 15.4 Å². The first kappa shape index (κ1) is 22.7. The van der Waals surface area contributed by atoms with Crippen LogP contribution in [-0.4, -0.2) is 38.7 Å². The van der Waals surface area contributed by atoms with Gasteiger partial charge in [-0.05, 0) is 25.7 Å². The molecule has 0 aromatic heterocycles. The van der Waals surface area contributed by atoms with Crippen molar-refractivity contribution in [2.75, 3.05) is 20.7 Å². The van der Waals surface area contributed by atoms with Gasteiger partial charge >= 0.3 is 5.97 Å². The molecule has 2 N–H and O–H groups in total. The molecule has 0 aliphatic rings. The number of carbonyl (C=O) groups excluding carboxylic acids is 1. The molecule has 6 heteroatoms. The van der Waals surface area contributed by atoms with E-state index in [0.717, 1.165) is 38.2 Å². The van der Waals surface area contributed by atoms with Crippen LogP contribution in [0.2, 0.25) is 0 Å². The monoisotopic (exact) mass is 413 g/mol. The molecule has 0 spiro atoms. The molecule has 21 heavy (non-hydrogen) atoms. The van der Waals surface area contributed by atoms with Gasteiger partial charge in [-0.2, -0.15) is 0 Å². The van der Waals surface area contributed by atoms with Crippen LogP contribution >= 0.6 is 24.0 Å². The predicted molar refractivity (Wildman–Crippen MR) is 99.3 cm³/mol. The fraction of sp³-hybridized carbons (Fsp3) is 0.867. The van der Waals surface area contributed by atoms with Crippen LogP contribution in [0.1, 0.15) is 52.9 Å². The van der Waals surface area contributed by atoms with E-state index in [1.165, 1.54) is 7.11 Å². The normalized spacial score (nSPS) is 12.6. The van der Waals surface area contributed by atoms with E-state index in [1.54, 1.807) is 7.05 Å². The fourth-order valence-corrected chi connectivity index (χ4v) is 1.63. The van der Waals surface area contributed by atoms with Crippen LogP contribution in [0.3, 0.4) is 0 Å². The van der Waals surface area contributed by atoms with Crippen LogP contribution < -0.4 is 10.6 Å². The highest BCUT2D eigenvalue weighted by atomic mass is 127. The number of aliphatic imine (C=N–C) groups is 1. The third-order valence-electron chi connectivity index (χ3n) is 3.42. The third-order valence-corrected chi connectivity index (χ3v) is 3.42. The quantitative estimate of drug-likeness (QED) is 0.201. The Morgan fingerprint density at radius 3 is 2.29 bits per heavy atom. The molecule has 126 valence electrons. The average molecular weight is 413 g/mol. The predicted octanol–water partition coefficient (Wildman–Crippen LogP) is 2.94. The molecule has 0 radical (unpaired) electrons. The van der Waals surface area contributed by atoms with Gasteiger partial charge in [0.1, 0.15) is 0 Å². The lowest BCUT2D eigenvalue weighted by Gasteiger charge is -2.20. The lowest BCUT2D eigenvalue weighted by molar-refractivity contribution is -0.140. The van der Waals surface area contributed by atoms with Gasteiger partial charge in [0, 0.05) is 26.1 Å². The highest BCUT2D eigenvalue weighted by Crippen LogP contribution is 2.03. The zero-order chi connectivity index (χ0) is 15.4. The van der Waals surface area contributed by atoms with E-state index in [2.05, 4.69) is 41.1 Å². The van der Waals surface area contributed by atoms with Gasteiger partial charge in [0.05, 0.1) is 7.11 Å². The Bertz CT molecular complexity index is 297. The topological polar surface area (TPSA) is 62.7 Å². The van der Waals surface area contributed by atoms with Gasteiger partial charge in [0.25, 0.3) is 0 Å². The van der Waals surface area contributed by atoms with Crippen molar-refractivity contribution in [1.82, 2.24) is 10.6 Å². The van der Waals surface area contributed by atoms with Crippen LogP contribution in [0, 0.1) is 5.92 Å². The summed E-state index contributed by atoms with van der Waals surface area (Å²) in [5.74, 6) is 1.32. The summed E-state index contributed by atoms with van der Waals surface area (Å²) in [5, 5.41) is 6.68. The van der Waals surface area contributed by atoms with Gasteiger partial charge in [-0.3, -0.25) is 9.79 Å². The molecule has 0 heterocycles. The Balaban J connectivity index is 0. The minimum atomic E-state index is -0.115. The standard InChI is InChI=1S/C15H31N3O2.HI/c1-12(2)13(3)18-15(16-4)17-11-9-7-6-8-10-14(19)20-5;/h12-13H,6-11H2,1-5H3,(H2,16,17,18);1H. The Morgan fingerprint density at radius 2 is 1.76 bits per heavy atom. The number of esters is 1. The molecule has 0 aliphatic carbocycles. The van der Waals surface area contributed by atoms with Gasteiger partial charge in [-0.25, -0.2) is 0 Å². The summed E-state index contributed by atoms with van der Waals surface area (Å²) in [6.07, 6.45) is 4.69. The highest BCUT2D eigenvalue weighted by molar-refractivity contribution is 14.0. The molecule has 0 aliphatic heterocycles. The summed E-state index contributed by atoms with van der Waals surface area (Å²) < 4.78 is 4.60. The van der Waals surface area contributed by atoms with E-state index in [9.17, 15) is 4.79 Å². The number of ether oxygens (including phenoxy) is 1. The fourth-order valence-electron chi connectivity index (χ4n) is 1.63. The zero-order valence-electron chi connectivity index (χ0n) is 14.1. The van der Waals surface area contributed by atoms with Crippen molar-refractivity contribution in [3.63, 3.8) is 0 Å². The van der Waals surface area contributed by atoms with Crippen LogP contribution in [0.25, 0.3) is 0 Å². The van der Waals surface area contributed by atoms with Crippen molar-refractivity contribution >= 4 is 35.9 Å². The van der Waals surface area contributed by atoms with E-state index in [0.29, 0.717) is 18.4 Å². The molecular formula is C15H32IN3O2. The maximum atomic E-state index is 10.9. The van der Waals surface area contributed by atoms with Crippen LogP contribution in [-0.2, 0) is 9.53 Å². The highest BCUT2D eigenvalue weighted by Gasteiger charge is 2.08. The number of rotatable bonds is 9. The van der Waals surface area contributed by atoms with Crippen molar-refractivity contribution in [2.24, 2.45) is 10.9 Å². The van der Waals surface area contributed by atoms with Crippen molar-refractivity contribution < 1.29 is 9.53 Å². The van der Waals surface area contributed by atoms with E-state index < -0.39 is 0 Å². The SMILES string of the molecule is CN=C(NCCCCCCC(=O)OC)NC(C)C(C)C.I. The molecule has 0 amide bonds. The van der Waals surface area contributed by atoms with Gasteiger partial charge in [0.2, 0.25) is 0 Å². The summed E-state index contributed by atoms with van der Waals surface area (Å²) in [4.78, 5) is 15.1. The second-order valence-electron chi connectivity index (χ2n) is 5.42. The van der Waals surface area contributed by atoms with Crippen LogP contribution in [0.15, 0.2) is 4.99 Å². The average Bonchev–Trinajstić information content (AvgIpc) is 2.44. The smallest absolute Gasteiger partial charge is 0.305 e. The van der Waals surface area contributed by atoms with Crippen molar-refractivity contribution in [2.45, 2.75) is 58.9 Å². The van der Waals surface area contributed by atoms with Crippen LogP contribution in [0.5, 0.6) is 0 Å². The molecule has 1 unspecified atom stereocenters. The van der Waals surface area contributed by atoms with Crippen LogP contribution in [0.4, 0.5) is 0 Å². The minimum Gasteiger partial charge on any atom is -0.469 e. The first-order valence-corrected chi connectivity index (χ1v) is 7.55. The second kappa shape index (κ2) is 14.4. The molecule has 0 rings (SSSR count). The molecule has 5 nitrogen and oxygen atoms in total. The molecule has 0 saturated carbocycles. The van der Waals surface area contributed by atoms with E-state index >= 15 is 0 Å². The lowest BCUT2D eigenvalue weighted by atomic mass is 10.1. The lowest BCUT2D eigenvalue weighted by Crippen LogP contribution is -2.44. The number of unbranched alkanes of at least 4 members (excludes halogenated alkanes) is 3. The Morgan fingerprint density at radius 1 is 1.14 bits per heavy atom. The number of hydrogen-bond acceptors (Lipinski definition) is 3. The summed E-state index contributed by atoms with van der Waals surface area (Å²) in [6, 6.07) is 0.404. The van der Waals surface area contributed by atoms with Gasteiger partial charge in [-0.1, -0.05) is 26.7 Å². The van der Waals surface area contributed by atoms with E-state index in [-0.39, 0.29) is 29.9 Å². The third kappa shape index (κ3) is 12.9. The number of nitrogens with zero attached hydrogens (tertiary/aromatic N) is 1. The maximum Gasteiger partial charge on any atom is 0.305 e. The number of halogens is 1. The maximum absolute atomic E-state index is 10.9. The number of hydrogen-bond donors (Lipinski definition) is 2. The van der Waals surface area contributed by atoms with Gasteiger partial charge in [-0.15, -0.1) is 24.0 Å². The molecule has 1 atom stereocenters. The summed E-state index contributed by atoms with van der Waals surface area (Å²) in [6.45, 7) is 7.44. The largest absolute Gasteiger partial charge is 0.469 e. The molecule has 0 saturated heterocycles. The zero-order valence-corrected chi connectivity index (χ0v) is 16.4. The molecule has 0 fully saturated rings. The van der Waals surface area contributed by atoms with Crippen molar-refractivity contribution in [1.29, 1.82) is 0 Å². The summed E-state index contributed by atoms with van der Waals surface area (Å²) >= 11 is 0. The second-order valence-corrected chi connectivity index (χ2v) is 5.42. The number of guanidine groups is 1. The number of carbonyl (C=O) groups is 1. The Hall–Kier alpha value is -0.530.